The number of rotatable bonds is 2. The summed E-state index contributed by atoms with van der Waals surface area (Å²) in [5.74, 6) is 0. The molecule has 0 spiro atoms. The zero-order chi connectivity index (χ0) is 14.2. The molecule has 1 aromatic carbocycles. The van der Waals surface area contributed by atoms with Gasteiger partial charge in [0, 0.05) is 14.3 Å². The molecule has 0 amide bonds. The summed E-state index contributed by atoms with van der Waals surface area (Å²) < 4.78 is 39.3. The summed E-state index contributed by atoms with van der Waals surface area (Å²) in [5.41, 5.74) is 6.51. The molecule has 1 heterocycles. The largest absolute Gasteiger partial charge is 0.417 e. The molecular formula is C12H8Br2F3NS. The van der Waals surface area contributed by atoms with E-state index in [1.165, 1.54) is 17.4 Å². The molecule has 0 saturated carbocycles. The third-order valence-electron chi connectivity index (χ3n) is 2.63. The molecule has 0 fully saturated rings. The van der Waals surface area contributed by atoms with Crippen molar-refractivity contribution in [3.63, 3.8) is 0 Å². The van der Waals surface area contributed by atoms with Crippen LogP contribution in [0.3, 0.4) is 0 Å². The van der Waals surface area contributed by atoms with Gasteiger partial charge in [-0.3, -0.25) is 0 Å². The first-order valence-corrected chi connectivity index (χ1v) is 7.67. The summed E-state index contributed by atoms with van der Waals surface area (Å²) in [6.45, 7) is 0. The maximum absolute atomic E-state index is 12.8. The Morgan fingerprint density at radius 3 is 2.32 bits per heavy atom. The molecule has 102 valence electrons. The maximum atomic E-state index is 12.8. The zero-order valence-corrected chi connectivity index (χ0v) is 13.3. The van der Waals surface area contributed by atoms with Gasteiger partial charge in [0.05, 0.1) is 11.6 Å². The minimum absolute atomic E-state index is 0.0142. The highest BCUT2D eigenvalue weighted by atomic mass is 79.9. The SMILES string of the molecule is NC(c1ccc(Br)c(C(F)(F)F)c1)c1cscc1Br. The van der Waals surface area contributed by atoms with Crippen LogP contribution in [0, 0.1) is 0 Å². The van der Waals surface area contributed by atoms with E-state index in [1.807, 2.05) is 10.8 Å². The van der Waals surface area contributed by atoms with Crippen LogP contribution in [0.25, 0.3) is 0 Å². The summed E-state index contributed by atoms with van der Waals surface area (Å²) >= 11 is 7.69. The van der Waals surface area contributed by atoms with E-state index in [0.29, 0.717) is 5.56 Å². The first-order chi connectivity index (χ1) is 8.80. The molecule has 0 aliphatic rings. The van der Waals surface area contributed by atoms with E-state index in [0.717, 1.165) is 16.1 Å². The number of halogens is 5. The molecule has 1 nitrogen and oxygen atoms in total. The number of benzene rings is 1. The lowest BCUT2D eigenvalue weighted by Gasteiger charge is -2.15. The molecular weight excluding hydrogens is 407 g/mol. The minimum Gasteiger partial charge on any atom is -0.320 e. The predicted molar refractivity (Wildman–Crippen MR) is 77.2 cm³/mol. The molecule has 0 bridgehead atoms. The number of alkyl halides is 3. The number of hydrogen-bond acceptors (Lipinski definition) is 2. The molecule has 0 radical (unpaired) electrons. The van der Waals surface area contributed by atoms with Crippen LogP contribution in [0.2, 0.25) is 0 Å². The van der Waals surface area contributed by atoms with Gasteiger partial charge in [-0.25, -0.2) is 0 Å². The molecule has 1 atom stereocenters. The van der Waals surface area contributed by atoms with Gasteiger partial charge in [0.25, 0.3) is 0 Å². The average Bonchev–Trinajstić information content (AvgIpc) is 2.73. The van der Waals surface area contributed by atoms with Crippen LogP contribution < -0.4 is 5.73 Å². The zero-order valence-electron chi connectivity index (χ0n) is 9.34. The summed E-state index contributed by atoms with van der Waals surface area (Å²) in [4.78, 5) is 0. The van der Waals surface area contributed by atoms with Crippen LogP contribution in [0.15, 0.2) is 37.9 Å². The Hall–Kier alpha value is -0.370. The smallest absolute Gasteiger partial charge is 0.320 e. The van der Waals surface area contributed by atoms with E-state index < -0.39 is 17.8 Å². The van der Waals surface area contributed by atoms with Crippen LogP contribution in [0.4, 0.5) is 13.2 Å². The third kappa shape index (κ3) is 3.21. The highest BCUT2D eigenvalue weighted by Crippen LogP contribution is 2.38. The quantitative estimate of drug-likeness (QED) is 0.705. The van der Waals surface area contributed by atoms with Gasteiger partial charge >= 0.3 is 6.18 Å². The molecule has 0 aliphatic carbocycles. The van der Waals surface area contributed by atoms with E-state index in [4.69, 9.17) is 5.73 Å². The molecule has 0 aliphatic heterocycles. The van der Waals surface area contributed by atoms with Crippen molar-refractivity contribution in [2.75, 3.05) is 0 Å². The van der Waals surface area contributed by atoms with Crippen molar-refractivity contribution in [1.82, 2.24) is 0 Å². The lowest BCUT2D eigenvalue weighted by molar-refractivity contribution is -0.138. The molecule has 2 aromatic rings. The molecule has 0 saturated heterocycles. The topological polar surface area (TPSA) is 26.0 Å². The van der Waals surface area contributed by atoms with Crippen LogP contribution in [-0.4, -0.2) is 0 Å². The molecule has 2 N–H and O–H groups in total. The number of thiophene rings is 1. The first-order valence-electron chi connectivity index (χ1n) is 5.14. The Morgan fingerprint density at radius 1 is 1.11 bits per heavy atom. The van der Waals surface area contributed by atoms with E-state index >= 15 is 0 Å². The molecule has 19 heavy (non-hydrogen) atoms. The van der Waals surface area contributed by atoms with E-state index in [1.54, 1.807) is 6.07 Å². The normalized spacial score (nSPS) is 13.6. The highest BCUT2D eigenvalue weighted by Gasteiger charge is 2.33. The van der Waals surface area contributed by atoms with Crippen molar-refractivity contribution in [2.24, 2.45) is 5.73 Å². The van der Waals surface area contributed by atoms with Gasteiger partial charge in [-0.2, -0.15) is 24.5 Å². The Balaban J connectivity index is 2.44. The van der Waals surface area contributed by atoms with Crippen molar-refractivity contribution in [1.29, 1.82) is 0 Å². The second kappa shape index (κ2) is 5.55. The predicted octanol–water partition coefficient (Wildman–Crippen LogP) is 5.34. The molecule has 1 unspecified atom stereocenters. The molecule has 2 rings (SSSR count). The fourth-order valence-corrected chi connectivity index (χ4v) is 3.70. The van der Waals surface area contributed by atoms with Gasteiger partial charge in [-0.15, -0.1) is 0 Å². The Morgan fingerprint density at radius 2 is 1.79 bits per heavy atom. The monoisotopic (exact) mass is 413 g/mol. The second-order valence-corrected chi connectivity index (χ2v) is 6.34. The van der Waals surface area contributed by atoms with Crippen molar-refractivity contribution in [3.05, 3.63) is 54.6 Å². The fraction of sp³-hybridized carbons (Fsp3) is 0.167. The van der Waals surface area contributed by atoms with Gasteiger partial charge in [0.1, 0.15) is 0 Å². The minimum atomic E-state index is -4.40. The van der Waals surface area contributed by atoms with E-state index in [2.05, 4.69) is 31.9 Å². The third-order valence-corrected chi connectivity index (χ3v) is 5.08. The Kier molecular flexibility index (Phi) is 4.39. The van der Waals surface area contributed by atoms with Gasteiger partial charge in [-0.1, -0.05) is 22.0 Å². The van der Waals surface area contributed by atoms with Gasteiger partial charge < -0.3 is 5.73 Å². The first kappa shape index (κ1) is 15.0. The second-order valence-electron chi connectivity index (χ2n) is 3.89. The lowest BCUT2D eigenvalue weighted by atomic mass is 10.00. The van der Waals surface area contributed by atoms with Gasteiger partial charge in [0.2, 0.25) is 0 Å². The molecule has 1 aromatic heterocycles. The standard InChI is InChI=1S/C12H8Br2F3NS/c13-9-2-1-6(3-8(9)12(15,16)17)11(18)7-4-19-5-10(7)14/h1-5,11H,18H2. The highest BCUT2D eigenvalue weighted by molar-refractivity contribution is 9.10. The maximum Gasteiger partial charge on any atom is 0.417 e. The summed E-state index contributed by atoms with van der Waals surface area (Å²) in [6, 6.07) is 3.46. The number of hydrogen-bond donors (Lipinski definition) is 1. The van der Waals surface area contributed by atoms with E-state index in [9.17, 15) is 13.2 Å². The summed E-state index contributed by atoms with van der Waals surface area (Å²) in [5, 5.41) is 3.67. The van der Waals surface area contributed by atoms with Crippen LogP contribution >= 0.6 is 43.2 Å². The summed E-state index contributed by atoms with van der Waals surface area (Å²) in [7, 11) is 0. The number of nitrogens with two attached hydrogens (primary N) is 1. The Bertz CT molecular complexity index is 595. The van der Waals surface area contributed by atoms with Crippen molar-refractivity contribution >= 4 is 43.2 Å². The van der Waals surface area contributed by atoms with Crippen molar-refractivity contribution in [3.8, 4) is 0 Å². The van der Waals surface area contributed by atoms with Crippen molar-refractivity contribution in [2.45, 2.75) is 12.2 Å². The van der Waals surface area contributed by atoms with Crippen LogP contribution in [-0.2, 0) is 6.18 Å². The van der Waals surface area contributed by atoms with Crippen LogP contribution in [0.1, 0.15) is 22.7 Å². The van der Waals surface area contributed by atoms with Gasteiger partial charge in [-0.05, 0) is 44.6 Å². The Labute approximate surface area is 128 Å². The lowest BCUT2D eigenvalue weighted by Crippen LogP contribution is -2.14. The molecule has 7 heteroatoms. The van der Waals surface area contributed by atoms with Crippen LogP contribution in [0.5, 0.6) is 0 Å². The van der Waals surface area contributed by atoms with E-state index in [-0.39, 0.29) is 4.47 Å². The van der Waals surface area contributed by atoms with Gasteiger partial charge in [0.15, 0.2) is 0 Å². The fourth-order valence-electron chi connectivity index (χ4n) is 1.65. The summed E-state index contributed by atoms with van der Waals surface area (Å²) in [6.07, 6.45) is -4.40. The van der Waals surface area contributed by atoms with Crippen molar-refractivity contribution < 1.29 is 13.2 Å². The average molecular weight is 415 g/mol.